The molecule has 0 spiro atoms. The van der Waals surface area contributed by atoms with Crippen LogP contribution < -0.4 is 5.46 Å². The molecule has 0 atom stereocenters. The first kappa shape index (κ1) is 27.3. The molecular formula is C38H37BO2S. The smallest absolute Gasteiger partial charge is 0.399 e. The molecule has 2 nitrogen and oxygen atoms in total. The van der Waals surface area contributed by atoms with Gasteiger partial charge in [0.1, 0.15) is 0 Å². The molecule has 0 aliphatic carbocycles. The van der Waals surface area contributed by atoms with Crippen molar-refractivity contribution >= 4 is 22.6 Å². The highest BCUT2D eigenvalue weighted by Gasteiger charge is 2.52. The SMILES string of the molecule is Cc1ccc(S2(c3ccc(C)cc3)c3ccccc3-c3ccc(-c4ccccc4B4OC(C)(C)C(C)(C)O4)cc32)cc1. The molecule has 0 saturated carbocycles. The average molecular weight is 569 g/mol. The first-order chi connectivity index (χ1) is 20.1. The summed E-state index contributed by atoms with van der Waals surface area (Å²) in [6.07, 6.45) is 0. The first-order valence-corrected chi connectivity index (χ1v) is 16.4. The van der Waals surface area contributed by atoms with Gasteiger partial charge in [0.15, 0.2) is 0 Å². The van der Waals surface area contributed by atoms with E-state index in [4.69, 9.17) is 9.31 Å². The molecule has 7 rings (SSSR count). The molecular weight excluding hydrogens is 531 g/mol. The van der Waals surface area contributed by atoms with Crippen LogP contribution in [0.2, 0.25) is 0 Å². The van der Waals surface area contributed by atoms with E-state index in [0.717, 1.165) is 11.0 Å². The van der Waals surface area contributed by atoms with Gasteiger partial charge >= 0.3 is 7.12 Å². The highest BCUT2D eigenvalue weighted by Crippen LogP contribution is 2.80. The van der Waals surface area contributed by atoms with E-state index in [-0.39, 0.29) is 0 Å². The summed E-state index contributed by atoms with van der Waals surface area (Å²) in [5, 5.41) is 0. The maximum atomic E-state index is 6.54. The van der Waals surface area contributed by atoms with Gasteiger partial charge in [0.25, 0.3) is 0 Å². The molecule has 0 unspecified atom stereocenters. The monoisotopic (exact) mass is 568 g/mol. The van der Waals surface area contributed by atoms with Crippen molar-refractivity contribution in [1.82, 2.24) is 0 Å². The highest BCUT2D eigenvalue weighted by molar-refractivity contribution is 8.34. The quantitative estimate of drug-likeness (QED) is 0.197. The van der Waals surface area contributed by atoms with Crippen molar-refractivity contribution in [1.29, 1.82) is 0 Å². The van der Waals surface area contributed by atoms with E-state index in [1.807, 2.05) is 0 Å². The Bertz CT molecular complexity index is 1740. The minimum Gasteiger partial charge on any atom is -0.399 e. The van der Waals surface area contributed by atoms with Gasteiger partial charge in [-0.3, -0.25) is 0 Å². The van der Waals surface area contributed by atoms with Crippen LogP contribution in [-0.4, -0.2) is 18.3 Å². The van der Waals surface area contributed by atoms with Crippen molar-refractivity contribution in [2.75, 3.05) is 0 Å². The average Bonchev–Trinajstić information content (AvgIpc) is 3.40. The second-order valence-electron chi connectivity index (χ2n) is 12.6. The van der Waals surface area contributed by atoms with Gasteiger partial charge in [-0.15, -0.1) is 10.0 Å². The largest absolute Gasteiger partial charge is 0.495 e. The molecule has 5 aromatic rings. The summed E-state index contributed by atoms with van der Waals surface area (Å²) in [6.45, 7) is 12.8. The number of rotatable bonds is 4. The Morgan fingerprint density at radius 3 is 1.62 bits per heavy atom. The molecule has 2 aliphatic heterocycles. The van der Waals surface area contributed by atoms with Crippen molar-refractivity contribution in [3.8, 4) is 22.3 Å². The van der Waals surface area contributed by atoms with E-state index >= 15 is 0 Å². The normalized spacial score (nSPS) is 18.4. The fourth-order valence-electron chi connectivity index (χ4n) is 6.30. The standard InChI is InChI=1S/C38H37BO2S/c1-26-15-20-29(21-16-26)42(30-22-17-27(2)18-23-30)35-14-10-8-12-32(35)33-24-19-28(25-36(33)42)31-11-7-9-13-34(31)39-40-37(3,4)38(5,6)41-39/h7-25H,1-6H3. The van der Waals surface area contributed by atoms with Crippen LogP contribution in [0.3, 0.4) is 0 Å². The summed E-state index contributed by atoms with van der Waals surface area (Å²) < 4.78 is 13.1. The zero-order valence-corrected chi connectivity index (χ0v) is 26.1. The lowest BCUT2D eigenvalue weighted by Crippen LogP contribution is -2.41. The molecule has 2 heterocycles. The van der Waals surface area contributed by atoms with Gasteiger partial charge in [0, 0.05) is 19.6 Å². The lowest BCUT2D eigenvalue weighted by atomic mass is 9.74. The van der Waals surface area contributed by atoms with Gasteiger partial charge in [0.2, 0.25) is 0 Å². The van der Waals surface area contributed by atoms with Crippen LogP contribution in [0, 0.1) is 13.8 Å². The third-order valence-electron chi connectivity index (χ3n) is 9.35. The first-order valence-electron chi connectivity index (χ1n) is 14.8. The van der Waals surface area contributed by atoms with E-state index in [0.29, 0.717) is 0 Å². The Morgan fingerprint density at radius 2 is 1.02 bits per heavy atom. The number of hydrogen-bond donors (Lipinski definition) is 0. The predicted molar refractivity (Wildman–Crippen MR) is 176 cm³/mol. The van der Waals surface area contributed by atoms with Gasteiger partial charge in [-0.1, -0.05) is 90.0 Å². The molecule has 2 aliphatic rings. The van der Waals surface area contributed by atoms with E-state index < -0.39 is 28.3 Å². The van der Waals surface area contributed by atoms with Crippen molar-refractivity contribution in [3.05, 3.63) is 126 Å². The van der Waals surface area contributed by atoms with Gasteiger partial charge in [-0.05, 0) is 106 Å². The fraction of sp³-hybridized carbons (Fsp3) is 0.211. The van der Waals surface area contributed by atoms with Gasteiger partial charge < -0.3 is 9.31 Å². The van der Waals surface area contributed by atoms with Crippen LogP contribution in [-0.2, 0) is 9.31 Å². The molecule has 0 aromatic heterocycles. The maximum absolute atomic E-state index is 6.54. The second-order valence-corrected chi connectivity index (χ2v) is 15.7. The summed E-state index contributed by atoms with van der Waals surface area (Å²) >= 11 is 0. The molecule has 0 radical (unpaired) electrons. The summed E-state index contributed by atoms with van der Waals surface area (Å²) in [5.74, 6) is 0. The van der Waals surface area contributed by atoms with E-state index in [2.05, 4.69) is 157 Å². The van der Waals surface area contributed by atoms with Crippen LogP contribution in [0.25, 0.3) is 22.3 Å². The molecule has 0 amide bonds. The van der Waals surface area contributed by atoms with Gasteiger partial charge in [0.05, 0.1) is 11.2 Å². The minimum atomic E-state index is -1.73. The topological polar surface area (TPSA) is 18.5 Å². The van der Waals surface area contributed by atoms with Crippen molar-refractivity contribution in [3.63, 3.8) is 0 Å². The summed E-state index contributed by atoms with van der Waals surface area (Å²) in [4.78, 5) is 5.51. The Balaban J connectivity index is 1.48. The fourth-order valence-corrected chi connectivity index (χ4v) is 10.5. The molecule has 1 saturated heterocycles. The zero-order valence-electron chi connectivity index (χ0n) is 25.3. The molecule has 210 valence electrons. The second kappa shape index (κ2) is 9.74. The third-order valence-corrected chi connectivity index (χ3v) is 13.3. The van der Waals surface area contributed by atoms with Crippen molar-refractivity contribution < 1.29 is 9.31 Å². The lowest BCUT2D eigenvalue weighted by molar-refractivity contribution is 0.00578. The molecule has 42 heavy (non-hydrogen) atoms. The number of hydrogen-bond acceptors (Lipinski definition) is 2. The summed E-state index contributed by atoms with van der Waals surface area (Å²) in [7, 11) is -2.16. The number of aryl methyl sites for hydroxylation is 2. The maximum Gasteiger partial charge on any atom is 0.495 e. The predicted octanol–water partition coefficient (Wildman–Crippen LogP) is 9.59. The van der Waals surface area contributed by atoms with Crippen LogP contribution in [0.5, 0.6) is 0 Å². The number of benzene rings is 5. The Hall–Kier alpha value is -3.57. The van der Waals surface area contributed by atoms with Crippen molar-refractivity contribution in [2.24, 2.45) is 0 Å². The van der Waals surface area contributed by atoms with Crippen LogP contribution >= 0.6 is 10.0 Å². The minimum absolute atomic E-state index is 0.402. The van der Waals surface area contributed by atoms with E-state index in [1.165, 1.54) is 47.4 Å². The summed E-state index contributed by atoms with van der Waals surface area (Å²) in [6, 6.07) is 43.1. The molecule has 1 fully saturated rings. The zero-order chi connectivity index (χ0) is 29.3. The van der Waals surface area contributed by atoms with Gasteiger partial charge in [-0.2, -0.15) is 0 Å². The molecule has 0 N–H and O–H groups in total. The molecule has 0 bridgehead atoms. The summed E-state index contributed by atoms with van der Waals surface area (Å²) in [5.41, 5.74) is 7.79. The van der Waals surface area contributed by atoms with Crippen molar-refractivity contribution in [2.45, 2.75) is 72.3 Å². The van der Waals surface area contributed by atoms with Crippen LogP contribution in [0.1, 0.15) is 38.8 Å². The van der Waals surface area contributed by atoms with E-state index in [9.17, 15) is 0 Å². The Labute approximate surface area is 252 Å². The van der Waals surface area contributed by atoms with Gasteiger partial charge in [-0.25, -0.2) is 0 Å². The van der Waals surface area contributed by atoms with E-state index in [1.54, 1.807) is 0 Å². The number of fused-ring (bicyclic) bond motifs is 3. The highest BCUT2D eigenvalue weighted by atomic mass is 32.3. The van der Waals surface area contributed by atoms with Crippen LogP contribution in [0.4, 0.5) is 0 Å². The lowest BCUT2D eigenvalue weighted by Gasteiger charge is -2.39. The Kier molecular flexibility index (Phi) is 6.33. The van der Waals surface area contributed by atoms with Crippen LogP contribution in [0.15, 0.2) is 135 Å². The molecule has 5 aromatic carbocycles. The Morgan fingerprint density at radius 1 is 0.524 bits per heavy atom. The molecule has 4 heteroatoms. The third kappa shape index (κ3) is 4.04.